The van der Waals surface area contributed by atoms with E-state index in [4.69, 9.17) is 14.0 Å². The van der Waals surface area contributed by atoms with Gasteiger partial charge in [-0.25, -0.2) is 0 Å². The van der Waals surface area contributed by atoms with Gasteiger partial charge in [0.05, 0.1) is 6.10 Å². The maximum absolute atomic E-state index is 12.2. The topological polar surface area (TPSA) is 61.6 Å². The lowest BCUT2D eigenvalue weighted by atomic mass is 10.00. The maximum Gasteiger partial charge on any atom is 0.184 e. The minimum atomic E-state index is -0.0437. The molecule has 1 saturated heterocycles. The molecule has 1 aromatic heterocycles. The average Bonchev–Trinajstić information content (AvgIpc) is 3.30. The highest BCUT2D eigenvalue weighted by molar-refractivity contribution is 5.94. The molecule has 3 rings (SSSR count). The van der Waals surface area contributed by atoms with Gasteiger partial charge in [0, 0.05) is 25.7 Å². The van der Waals surface area contributed by atoms with E-state index < -0.39 is 0 Å². The van der Waals surface area contributed by atoms with Crippen molar-refractivity contribution in [3.8, 4) is 0 Å². The normalized spacial score (nSPS) is 18.6. The fraction of sp³-hybridized carbons (Fsp3) is 0.474. The molecule has 2 aromatic rings. The Kier molecular flexibility index (Phi) is 5.77. The second-order valence-electron chi connectivity index (χ2n) is 6.23. The molecule has 1 aliphatic heterocycles. The number of ketones is 1. The molecule has 0 saturated carbocycles. The Balaban J connectivity index is 1.47. The van der Waals surface area contributed by atoms with Crippen LogP contribution in [0.2, 0.25) is 0 Å². The molecule has 2 unspecified atom stereocenters. The zero-order valence-corrected chi connectivity index (χ0v) is 13.9. The number of hydrogen-bond donors (Lipinski definition) is 0. The lowest BCUT2D eigenvalue weighted by molar-refractivity contribution is 0.0390. The van der Waals surface area contributed by atoms with Crippen molar-refractivity contribution in [2.45, 2.75) is 38.9 Å². The van der Waals surface area contributed by atoms with Gasteiger partial charge in [0.15, 0.2) is 11.5 Å². The SMILES string of the molecule is CC(OCc1cc(C(=O)CCC2CCOC2)no1)c1ccccc1. The van der Waals surface area contributed by atoms with E-state index in [0.29, 0.717) is 30.4 Å². The van der Waals surface area contributed by atoms with Crippen LogP contribution in [0.3, 0.4) is 0 Å². The van der Waals surface area contributed by atoms with Gasteiger partial charge in [-0.3, -0.25) is 4.79 Å². The highest BCUT2D eigenvalue weighted by atomic mass is 16.5. The van der Waals surface area contributed by atoms with Crippen LogP contribution in [0.4, 0.5) is 0 Å². The third-order valence-corrected chi connectivity index (χ3v) is 4.39. The van der Waals surface area contributed by atoms with Gasteiger partial charge in [-0.15, -0.1) is 0 Å². The minimum Gasteiger partial charge on any atom is -0.381 e. The Morgan fingerprint density at radius 1 is 1.38 bits per heavy atom. The first-order chi connectivity index (χ1) is 11.7. The average molecular weight is 329 g/mol. The first-order valence-corrected chi connectivity index (χ1v) is 8.45. The first-order valence-electron chi connectivity index (χ1n) is 8.45. The van der Waals surface area contributed by atoms with E-state index in [1.807, 2.05) is 37.3 Å². The highest BCUT2D eigenvalue weighted by Crippen LogP contribution is 2.21. The summed E-state index contributed by atoms with van der Waals surface area (Å²) in [7, 11) is 0. The van der Waals surface area contributed by atoms with E-state index in [1.165, 1.54) is 0 Å². The van der Waals surface area contributed by atoms with Crippen LogP contribution in [-0.2, 0) is 16.1 Å². The molecule has 2 heterocycles. The number of carbonyl (C=O) groups is 1. The van der Waals surface area contributed by atoms with Crippen molar-refractivity contribution in [2.24, 2.45) is 5.92 Å². The molecular weight excluding hydrogens is 306 g/mol. The van der Waals surface area contributed by atoms with Gasteiger partial charge >= 0.3 is 0 Å². The first kappa shape index (κ1) is 16.9. The van der Waals surface area contributed by atoms with E-state index in [9.17, 15) is 4.79 Å². The molecule has 0 N–H and O–H groups in total. The van der Waals surface area contributed by atoms with Crippen LogP contribution in [0.15, 0.2) is 40.9 Å². The molecule has 0 radical (unpaired) electrons. The van der Waals surface area contributed by atoms with Gasteiger partial charge in [-0.1, -0.05) is 35.5 Å². The Hall–Kier alpha value is -1.98. The zero-order valence-electron chi connectivity index (χ0n) is 13.9. The molecular formula is C19H23NO4. The fourth-order valence-electron chi connectivity index (χ4n) is 2.81. The fourth-order valence-corrected chi connectivity index (χ4v) is 2.81. The molecule has 0 amide bonds. The molecule has 5 nitrogen and oxygen atoms in total. The standard InChI is InChI=1S/C19H23NO4/c1-14(16-5-3-2-4-6-16)23-13-17-11-18(20-24-17)19(21)8-7-15-9-10-22-12-15/h2-6,11,14-15H,7-10,12-13H2,1H3. The van der Waals surface area contributed by atoms with Crippen LogP contribution in [0.5, 0.6) is 0 Å². The Morgan fingerprint density at radius 3 is 2.96 bits per heavy atom. The number of hydrogen-bond acceptors (Lipinski definition) is 5. The molecule has 0 spiro atoms. The minimum absolute atomic E-state index is 0.0213. The molecule has 1 fully saturated rings. The third kappa shape index (κ3) is 4.52. The van der Waals surface area contributed by atoms with Gasteiger partial charge in [0.1, 0.15) is 12.3 Å². The van der Waals surface area contributed by atoms with E-state index in [-0.39, 0.29) is 11.9 Å². The molecule has 128 valence electrons. The van der Waals surface area contributed by atoms with Gasteiger partial charge in [0.25, 0.3) is 0 Å². The Labute approximate surface area is 141 Å². The van der Waals surface area contributed by atoms with E-state index in [0.717, 1.165) is 31.6 Å². The molecule has 24 heavy (non-hydrogen) atoms. The Morgan fingerprint density at radius 2 is 2.21 bits per heavy atom. The van der Waals surface area contributed by atoms with Crippen molar-refractivity contribution >= 4 is 5.78 Å². The van der Waals surface area contributed by atoms with Crippen LogP contribution in [-0.4, -0.2) is 24.2 Å². The number of nitrogens with zero attached hydrogens (tertiary/aromatic N) is 1. The molecule has 1 aromatic carbocycles. The Bertz CT molecular complexity index is 646. The van der Waals surface area contributed by atoms with Crippen LogP contribution < -0.4 is 0 Å². The summed E-state index contributed by atoms with van der Waals surface area (Å²) in [5.74, 6) is 1.09. The summed E-state index contributed by atoms with van der Waals surface area (Å²) >= 11 is 0. The van der Waals surface area contributed by atoms with Crippen molar-refractivity contribution in [1.82, 2.24) is 5.16 Å². The summed E-state index contributed by atoms with van der Waals surface area (Å²) in [6.07, 6.45) is 2.34. The van der Waals surface area contributed by atoms with Crippen molar-refractivity contribution < 1.29 is 18.8 Å². The van der Waals surface area contributed by atoms with Gasteiger partial charge in [0.2, 0.25) is 0 Å². The lowest BCUT2D eigenvalue weighted by Gasteiger charge is -2.11. The van der Waals surface area contributed by atoms with E-state index >= 15 is 0 Å². The molecule has 1 aliphatic rings. The smallest absolute Gasteiger partial charge is 0.184 e. The second kappa shape index (κ2) is 8.22. The number of aromatic nitrogens is 1. The van der Waals surface area contributed by atoms with E-state index in [1.54, 1.807) is 6.07 Å². The van der Waals surface area contributed by atoms with E-state index in [2.05, 4.69) is 5.16 Å². The summed E-state index contributed by atoms with van der Waals surface area (Å²) in [5.41, 5.74) is 1.49. The second-order valence-corrected chi connectivity index (χ2v) is 6.23. The molecule has 0 bridgehead atoms. The predicted molar refractivity (Wildman–Crippen MR) is 88.6 cm³/mol. The number of Topliss-reactive ketones (excluding diaryl/α,β-unsaturated/α-hetero) is 1. The van der Waals surface area contributed by atoms with Crippen LogP contribution in [0.1, 0.15) is 54.1 Å². The summed E-state index contributed by atoms with van der Waals surface area (Å²) in [5, 5.41) is 3.88. The largest absolute Gasteiger partial charge is 0.381 e. The maximum atomic E-state index is 12.2. The zero-order chi connectivity index (χ0) is 16.8. The number of carbonyl (C=O) groups excluding carboxylic acids is 1. The molecule has 2 atom stereocenters. The van der Waals surface area contributed by atoms with Crippen molar-refractivity contribution in [3.05, 3.63) is 53.4 Å². The van der Waals surface area contributed by atoms with Gasteiger partial charge in [-0.2, -0.15) is 0 Å². The number of rotatable bonds is 8. The quantitative estimate of drug-likeness (QED) is 0.686. The van der Waals surface area contributed by atoms with Crippen LogP contribution >= 0.6 is 0 Å². The summed E-state index contributed by atoms with van der Waals surface area (Å²) < 4.78 is 16.3. The van der Waals surface area contributed by atoms with Crippen molar-refractivity contribution in [1.29, 1.82) is 0 Å². The lowest BCUT2D eigenvalue weighted by Crippen LogP contribution is -2.05. The predicted octanol–water partition coefficient (Wildman–Crippen LogP) is 3.95. The summed E-state index contributed by atoms with van der Waals surface area (Å²) in [4.78, 5) is 12.2. The van der Waals surface area contributed by atoms with Gasteiger partial charge in [-0.05, 0) is 31.2 Å². The van der Waals surface area contributed by atoms with Gasteiger partial charge < -0.3 is 14.0 Å². The molecule has 5 heteroatoms. The summed E-state index contributed by atoms with van der Waals surface area (Å²) in [6, 6.07) is 11.7. The third-order valence-electron chi connectivity index (χ3n) is 4.39. The van der Waals surface area contributed by atoms with Crippen molar-refractivity contribution in [3.63, 3.8) is 0 Å². The van der Waals surface area contributed by atoms with Crippen LogP contribution in [0.25, 0.3) is 0 Å². The van der Waals surface area contributed by atoms with Crippen molar-refractivity contribution in [2.75, 3.05) is 13.2 Å². The highest BCUT2D eigenvalue weighted by Gasteiger charge is 2.19. The summed E-state index contributed by atoms with van der Waals surface area (Å²) in [6.45, 7) is 3.86. The number of benzene rings is 1. The molecule has 0 aliphatic carbocycles. The monoisotopic (exact) mass is 329 g/mol. The van der Waals surface area contributed by atoms with Crippen LogP contribution in [0, 0.1) is 5.92 Å². The number of ether oxygens (including phenoxy) is 2.